The summed E-state index contributed by atoms with van der Waals surface area (Å²) in [6.45, 7) is 5.59. The van der Waals surface area contributed by atoms with Gasteiger partial charge >= 0.3 is 6.09 Å². The van der Waals surface area contributed by atoms with Gasteiger partial charge in [-0.25, -0.2) is 9.79 Å². The van der Waals surface area contributed by atoms with Crippen LogP contribution in [0.4, 0.5) is 4.79 Å². The molecule has 2 atom stereocenters. The molecule has 176 valence electrons. The molecule has 0 saturated carbocycles. The Morgan fingerprint density at radius 3 is 2.38 bits per heavy atom. The molecule has 0 saturated heterocycles. The number of carbonyl (C=O) groups is 2. The van der Waals surface area contributed by atoms with Gasteiger partial charge in [0, 0.05) is 17.3 Å². The summed E-state index contributed by atoms with van der Waals surface area (Å²) in [6.07, 6.45) is 2.31. The van der Waals surface area contributed by atoms with Gasteiger partial charge in [0.15, 0.2) is 5.54 Å². The van der Waals surface area contributed by atoms with E-state index in [1.807, 2.05) is 60.7 Å². The first-order valence-electron chi connectivity index (χ1n) is 10.8. The number of benzene rings is 2. The van der Waals surface area contributed by atoms with E-state index in [-0.39, 0.29) is 17.0 Å². The summed E-state index contributed by atoms with van der Waals surface area (Å²) < 4.78 is 16.7. The number of thioether (sulfide) groups is 1. The molecule has 2 aromatic carbocycles. The van der Waals surface area contributed by atoms with E-state index in [1.54, 1.807) is 26.8 Å². The fourth-order valence-corrected chi connectivity index (χ4v) is 4.57. The molecule has 0 unspecified atom stereocenters. The van der Waals surface area contributed by atoms with E-state index >= 15 is 0 Å². The van der Waals surface area contributed by atoms with Gasteiger partial charge in [0.1, 0.15) is 12.2 Å². The van der Waals surface area contributed by atoms with Crippen molar-refractivity contribution in [1.29, 1.82) is 0 Å². The third-order valence-electron chi connectivity index (χ3n) is 5.13. The van der Waals surface area contributed by atoms with Gasteiger partial charge in [-0.2, -0.15) is 0 Å². The molecule has 8 heteroatoms. The molecule has 1 amide bonds. The molecular formula is C26H26N2O5S. The van der Waals surface area contributed by atoms with Gasteiger partial charge < -0.3 is 19.2 Å². The van der Waals surface area contributed by atoms with Crippen molar-refractivity contribution in [3.63, 3.8) is 0 Å². The Morgan fingerprint density at radius 2 is 1.76 bits per heavy atom. The van der Waals surface area contributed by atoms with Crippen LogP contribution in [0.25, 0.3) is 0 Å². The van der Waals surface area contributed by atoms with Gasteiger partial charge in [-0.1, -0.05) is 60.7 Å². The lowest BCUT2D eigenvalue weighted by Crippen LogP contribution is -2.47. The third kappa shape index (κ3) is 5.17. The third-order valence-corrected chi connectivity index (χ3v) is 6.01. The normalized spacial score (nSPS) is 18.8. The first-order chi connectivity index (χ1) is 16.3. The highest BCUT2D eigenvalue weighted by atomic mass is 32.2. The zero-order valence-electron chi connectivity index (χ0n) is 19.2. The van der Waals surface area contributed by atoms with Crippen LogP contribution in [-0.2, 0) is 26.4 Å². The number of furan rings is 1. The molecule has 1 aromatic heterocycles. The standard InChI is InChI=1S/C26H26N2O5S/c1-25(2,3)33-23(30)27-21(19-14-15-31-17-19)26(20-12-8-5-9-13-20)22(29)34-24(28-26)32-16-18-10-6-4-7-11-18/h4-15,17,21H,16H2,1-3H3,(H,27,30)/t21-,26-/m0/s1. The molecule has 2 heterocycles. The largest absolute Gasteiger partial charge is 0.472 e. The van der Waals surface area contributed by atoms with Crippen molar-refractivity contribution < 1.29 is 23.5 Å². The first-order valence-corrected chi connectivity index (χ1v) is 11.7. The second kappa shape index (κ2) is 9.77. The van der Waals surface area contributed by atoms with E-state index in [4.69, 9.17) is 18.9 Å². The molecule has 0 spiro atoms. The van der Waals surface area contributed by atoms with Crippen molar-refractivity contribution in [1.82, 2.24) is 5.32 Å². The molecule has 0 radical (unpaired) electrons. The van der Waals surface area contributed by atoms with Gasteiger partial charge in [0.05, 0.1) is 18.6 Å². The SMILES string of the molecule is CC(C)(C)OC(=O)N[C@@H](c1ccoc1)[C@]1(c2ccccc2)N=C(OCc2ccccc2)SC1=O. The average molecular weight is 479 g/mol. The lowest BCUT2D eigenvalue weighted by atomic mass is 9.81. The van der Waals surface area contributed by atoms with E-state index in [9.17, 15) is 9.59 Å². The molecule has 34 heavy (non-hydrogen) atoms. The fraction of sp³-hybridized carbons (Fsp3) is 0.269. The number of aliphatic imine (C=N–C) groups is 1. The minimum absolute atomic E-state index is 0.234. The summed E-state index contributed by atoms with van der Waals surface area (Å²) in [7, 11) is 0. The Morgan fingerprint density at radius 1 is 1.09 bits per heavy atom. The quantitative estimate of drug-likeness (QED) is 0.497. The fourth-order valence-electron chi connectivity index (χ4n) is 3.67. The number of nitrogens with one attached hydrogen (secondary N) is 1. The van der Waals surface area contributed by atoms with Crippen molar-refractivity contribution in [2.75, 3.05) is 0 Å². The van der Waals surface area contributed by atoms with Crippen molar-refractivity contribution >= 4 is 28.2 Å². The second-order valence-corrected chi connectivity index (χ2v) is 9.73. The first kappa shape index (κ1) is 23.6. The summed E-state index contributed by atoms with van der Waals surface area (Å²) in [5.74, 6) is 0. The number of carbonyl (C=O) groups excluding carboxylic acids is 2. The van der Waals surface area contributed by atoms with Crippen LogP contribution >= 0.6 is 11.8 Å². The van der Waals surface area contributed by atoms with Crippen molar-refractivity contribution in [3.8, 4) is 0 Å². The molecular weight excluding hydrogens is 452 g/mol. The molecule has 1 aliphatic heterocycles. The molecule has 0 bridgehead atoms. The highest BCUT2D eigenvalue weighted by Gasteiger charge is 2.54. The van der Waals surface area contributed by atoms with E-state index in [1.165, 1.54) is 12.5 Å². The van der Waals surface area contributed by atoms with E-state index in [0.29, 0.717) is 11.1 Å². The number of amides is 1. The summed E-state index contributed by atoms with van der Waals surface area (Å²) in [4.78, 5) is 31.3. The van der Waals surface area contributed by atoms with Crippen LogP contribution < -0.4 is 5.32 Å². The van der Waals surface area contributed by atoms with Crippen molar-refractivity contribution in [2.24, 2.45) is 4.99 Å². The number of hydrogen-bond donors (Lipinski definition) is 1. The highest BCUT2D eigenvalue weighted by molar-refractivity contribution is 8.26. The van der Waals surface area contributed by atoms with Crippen LogP contribution in [0, 0.1) is 0 Å². The summed E-state index contributed by atoms with van der Waals surface area (Å²) >= 11 is 0.919. The van der Waals surface area contributed by atoms with E-state index in [0.717, 1.165) is 17.3 Å². The van der Waals surface area contributed by atoms with Gasteiger partial charge in [0.25, 0.3) is 5.23 Å². The maximum Gasteiger partial charge on any atom is 0.408 e. The number of ether oxygens (including phenoxy) is 2. The number of nitrogens with zero attached hydrogens (tertiary/aromatic N) is 1. The van der Waals surface area contributed by atoms with Crippen LogP contribution in [-0.4, -0.2) is 22.0 Å². The maximum absolute atomic E-state index is 13.7. The van der Waals surface area contributed by atoms with Crippen molar-refractivity contribution in [3.05, 3.63) is 95.9 Å². The summed E-state index contributed by atoms with van der Waals surface area (Å²) in [6, 6.07) is 19.6. The van der Waals surface area contributed by atoms with Gasteiger partial charge in [-0.15, -0.1) is 0 Å². The Bertz CT molecular complexity index is 1160. The van der Waals surface area contributed by atoms with E-state index in [2.05, 4.69) is 5.32 Å². The smallest absolute Gasteiger partial charge is 0.408 e. The highest BCUT2D eigenvalue weighted by Crippen LogP contribution is 2.47. The predicted molar refractivity (Wildman–Crippen MR) is 130 cm³/mol. The molecule has 1 aliphatic rings. The molecule has 1 N–H and O–H groups in total. The minimum Gasteiger partial charge on any atom is -0.472 e. The molecule has 4 rings (SSSR count). The number of rotatable bonds is 6. The zero-order valence-corrected chi connectivity index (χ0v) is 20.0. The second-order valence-electron chi connectivity index (χ2n) is 8.81. The molecule has 0 fully saturated rings. The lowest BCUT2D eigenvalue weighted by molar-refractivity contribution is -0.116. The van der Waals surface area contributed by atoms with Crippen LogP contribution in [0.15, 0.2) is 88.7 Å². The van der Waals surface area contributed by atoms with Gasteiger partial charge in [0.2, 0.25) is 5.12 Å². The zero-order chi connectivity index (χ0) is 24.2. The summed E-state index contributed by atoms with van der Waals surface area (Å²) in [5, 5.41) is 2.82. The van der Waals surface area contributed by atoms with E-state index < -0.39 is 23.3 Å². The average Bonchev–Trinajstić information content (AvgIpc) is 3.45. The Hall–Kier alpha value is -3.52. The maximum atomic E-state index is 13.7. The number of hydrogen-bond acceptors (Lipinski definition) is 7. The number of alkyl carbamates (subject to hydrolysis) is 1. The van der Waals surface area contributed by atoms with Crippen LogP contribution in [0.3, 0.4) is 0 Å². The van der Waals surface area contributed by atoms with Crippen LogP contribution in [0.2, 0.25) is 0 Å². The summed E-state index contributed by atoms with van der Waals surface area (Å²) in [5.41, 5.74) is -0.0378. The Balaban J connectivity index is 1.74. The Labute approximate surface area is 202 Å². The van der Waals surface area contributed by atoms with Gasteiger partial charge in [-0.05, 0) is 38.0 Å². The van der Waals surface area contributed by atoms with Gasteiger partial charge in [-0.3, -0.25) is 4.79 Å². The predicted octanol–water partition coefficient (Wildman–Crippen LogP) is 5.59. The minimum atomic E-state index is -1.47. The molecule has 7 nitrogen and oxygen atoms in total. The van der Waals surface area contributed by atoms with Crippen molar-refractivity contribution in [2.45, 2.75) is 44.6 Å². The van der Waals surface area contributed by atoms with Crippen LogP contribution in [0.1, 0.15) is 43.5 Å². The molecule has 3 aromatic rings. The van der Waals surface area contributed by atoms with Crippen LogP contribution in [0.5, 0.6) is 0 Å². The topological polar surface area (TPSA) is 90.1 Å². The Kier molecular flexibility index (Phi) is 6.79. The molecule has 0 aliphatic carbocycles. The monoisotopic (exact) mass is 478 g/mol. The lowest BCUT2D eigenvalue weighted by Gasteiger charge is -2.33.